The molecule has 1 aliphatic carbocycles. The molecule has 1 N–H and O–H groups in total. The highest BCUT2D eigenvalue weighted by Gasteiger charge is 2.58. The quantitative estimate of drug-likeness (QED) is 0.862. The number of nitrogens with zero attached hydrogens (tertiary/aromatic N) is 2. The summed E-state index contributed by atoms with van der Waals surface area (Å²) in [5.41, 5.74) is 2.17. The minimum Gasteiger partial charge on any atom is -0.339 e. The minimum atomic E-state index is -0.828. The highest BCUT2D eigenvalue weighted by Crippen LogP contribution is 2.48. The molecule has 2 fully saturated rings. The topological polar surface area (TPSA) is 52.7 Å². The Kier molecular flexibility index (Phi) is 4.63. The third-order valence-electron chi connectivity index (χ3n) is 5.33. The van der Waals surface area contributed by atoms with Gasteiger partial charge in [-0.05, 0) is 44.9 Å². The van der Waals surface area contributed by atoms with Crippen LogP contribution in [0.4, 0.5) is 5.69 Å². The molecule has 5 nitrogen and oxygen atoms in total. The summed E-state index contributed by atoms with van der Waals surface area (Å²) in [6, 6.07) is 5.94. The fourth-order valence-electron chi connectivity index (χ4n) is 3.43. The molecule has 2 amide bonds. The second-order valence-corrected chi connectivity index (χ2v) is 7.08. The number of piperazine rings is 1. The van der Waals surface area contributed by atoms with Crippen molar-refractivity contribution in [3.63, 3.8) is 0 Å². The number of rotatable bonds is 4. The predicted molar refractivity (Wildman–Crippen MR) is 94.9 cm³/mol. The summed E-state index contributed by atoms with van der Waals surface area (Å²) in [5, 5.41) is 2.98. The van der Waals surface area contributed by atoms with Gasteiger partial charge in [-0.15, -0.1) is 0 Å². The number of carbonyl (C=O) groups excluding carboxylic acids is 2. The molecule has 0 atom stereocenters. The third-order valence-corrected chi connectivity index (χ3v) is 5.33. The number of anilines is 1. The Morgan fingerprint density at radius 3 is 2.33 bits per heavy atom. The zero-order chi connectivity index (χ0) is 17.3. The van der Waals surface area contributed by atoms with Gasteiger partial charge in [0, 0.05) is 31.9 Å². The summed E-state index contributed by atoms with van der Waals surface area (Å²) in [6.07, 6.45) is 1.33. The van der Waals surface area contributed by atoms with Crippen LogP contribution in [0, 0.1) is 19.3 Å². The van der Waals surface area contributed by atoms with E-state index in [4.69, 9.17) is 0 Å². The highest BCUT2D eigenvalue weighted by atomic mass is 16.2. The molecule has 2 aliphatic rings. The summed E-state index contributed by atoms with van der Waals surface area (Å²) in [7, 11) is 0. The Hall–Kier alpha value is -1.88. The van der Waals surface area contributed by atoms with Crippen molar-refractivity contribution in [3.05, 3.63) is 29.3 Å². The smallest absolute Gasteiger partial charge is 0.240 e. The molecular formula is C19H27N3O2. The van der Waals surface area contributed by atoms with Gasteiger partial charge in [-0.3, -0.25) is 9.59 Å². The maximum Gasteiger partial charge on any atom is 0.240 e. The Balaban J connectivity index is 1.67. The molecule has 5 heteroatoms. The van der Waals surface area contributed by atoms with E-state index in [0.29, 0.717) is 12.8 Å². The van der Waals surface area contributed by atoms with Gasteiger partial charge >= 0.3 is 0 Å². The SMILES string of the molecule is CCN1CCN(C(=O)C2(C(=O)Nc3ccc(C)cc3C)CC2)CC1. The number of hydrogen-bond acceptors (Lipinski definition) is 3. The van der Waals surface area contributed by atoms with Crippen molar-refractivity contribution < 1.29 is 9.59 Å². The van der Waals surface area contributed by atoms with Crippen LogP contribution < -0.4 is 5.32 Å². The van der Waals surface area contributed by atoms with Gasteiger partial charge in [0.2, 0.25) is 11.8 Å². The molecular weight excluding hydrogens is 302 g/mol. The summed E-state index contributed by atoms with van der Waals surface area (Å²) in [5.74, 6) is -0.127. The Labute approximate surface area is 144 Å². The van der Waals surface area contributed by atoms with Crippen molar-refractivity contribution in [1.82, 2.24) is 9.80 Å². The number of carbonyl (C=O) groups is 2. The van der Waals surface area contributed by atoms with Crippen LogP contribution in [0.25, 0.3) is 0 Å². The fraction of sp³-hybridized carbons (Fsp3) is 0.579. The third kappa shape index (κ3) is 3.18. The average Bonchev–Trinajstić information content (AvgIpc) is 3.38. The van der Waals surface area contributed by atoms with E-state index in [1.807, 2.05) is 36.9 Å². The first kappa shape index (κ1) is 17.0. The summed E-state index contributed by atoms with van der Waals surface area (Å²) < 4.78 is 0. The number of likely N-dealkylation sites (N-methyl/N-ethyl adjacent to an activating group) is 1. The van der Waals surface area contributed by atoms with Crippen molar-refractivity contribution in [2.24, 2.45) is 5.41 Å². The van der Waals surface area contributed by atoms with E-state index in [1.165, 1.54) is 0 Å². The molecule has 0 spiro atoms. The Morgan fingerprint density at radius 1 is 1.12 bits per heavy atom. The van der Waals surface area contributed by atoms with Crippen molar-refractivity contribution in [2.45, 2.75) is 33.6 Å². The molecule has 0 bridgehead atoms. The second-order valence-electron chi connectivity index (χ2n) is 7.08. The molecule has 130 valence electrons. The number of amides is 2. The lowest BCUT2D eigenvalue weighted by Gasteiger charge is -2.35. The van der Waals surface area contributed by atoms with Gasteiger partial charge in [-0.25, -0.2) is 0 Å². The van der Waals surface area contributed by atoms with Crippen LogP contribution in [0.1, 0.15) is 30.9 Å². The first-order chi connectivity index (χ1) is 11.5. The van der Waals surface area contributed by atoms with Gasteiger partial charge in [0.25, 0.3) is 0 Å². The summed E-state index contributed by atoms with van der Waals surface area (Å²) in [6.45, 7) is 10.4. The summed E-state index contributed by atoms with van der Waals surface area (Å²) >= 11 is 0. The fourth-order valence-corrected chi connectivity index (χ4v) is 3.43. The van der Waals surface area contributed by atoms with Crippen LogP contribution in [-0.2, 0) is 9.59 Å². The standard InChI is InChI=1S/C19H27N3O2/c1-4-21-9-11-22(12-10-21)18(24)19(7-8-19)17(23)20-16-6-5-14(2)13-15(16)3/h5-6,13H,4,7-12H2,1-3H3,(H,20,23). The van der Waals surface area contributed by atoms with Crippen LogP contribution >= 0.6 is 0 Å². The molecule has 24 heavy (non-hydrogen) atoms. The van der Waals surface area contributed by atoms with Crippen molar-refractivity contribution in [3.8, 4) is 0 Å². The zero-order valence-electron chi connectivity index (χ0n) is 14.9. The molecule has 1 saturated heterocycles. The van der Waals surface area contributed by atoms with Gasteiger partial charge in [-0.2, -0.15) is 0 Å². The lowest BCUT2D eigenvalue weighted by molar-refractivity contribution is -0.143. The molecule has 1 aromatic rings. The lowest BCUT2D eigenvalue weighted by Crippen LogP contribution is -2.52. The van der Waals surface area contributed by atoms with E-state index < -0.39 is 5.41 Å². The van der Waals surface area contributed by atoms with E-state index in [1.54, 1.807) is 0 Å². The first-order valence-electron chi connectivity index (χ1n) is 8.87. The average molecular weight is 329 g/mol. The molecule has 1 heterocycles. The number of nitrogens with one attached hydrogen (secondary N) is 1. The molecule has 0 unspecified atom stereocenters. The maximum atomic E-state index is 12.9. The minimum absolute atomic E-state index is 0.0144. The van der Waals surface area contributed by atoms with E-state index >= 15 is 0 Å². The lowest BCUT2D eigenvalue weighted by atomic mass is 10.0. The predicted octanol–water partition coefficient (Wildman–Crippen LogP) is 2.19. The maximum absolute atomic E-state index is 12.9. The van der Waals surface area contributed by atoms with Gasteiger partial charge in [0.05, 0.1) is 0 Å². The first-order valence-corrected chi connectivity index (χ1v) is 8.87. The second kappa shape index (κ2) is 6.55. The number of hydrogen-bond donors (Lipinski definition) is 1. The Bertz CT molecular complexity index is 644. The van der Waals surface area contributed by atoms with E-state index in [0.717, 1.165) is 49.5 Å². The molecule has 0 radical (unpaired) electrons. The van der Waals surface area contributed by atoms with Gasteiger partial charge in [0.1, 0.15) is 5.41 Å². The molecule has 1 aliphatic heterocycles. The van der Waals surface area contributed by atoms with Crippen molar-refractivity contribution >= 4 is 17.5 Å². The number of benzene rings is 1. The van der Waals surface area contributed by atoms with Crippen LogP contribution in [0.15, 0.2) is 18.2 Å². The van der Waals surface area contributed by atoms with Gasteiger partial charge < -0.3 is 15.1 Å². The monoisotopic (exact) mass is 329 g/mol. The number of aryl methyl sites for hydroxylation is 2. The van der Waals surface area contributed by atoms with E-state index in [9.17, 15) is 9.59 Å². The molecule has 3 rings (SSSR count). The van der Waals surface area contributed by atoms with Crippen LogP contribution in [0.2, 0.25) is 0 Å². The molecule has 1 saturated carbocycles. The highest BCUT2D eigenvalue weighted by molar-refractivity contribution is 6.13. The zero-order valence-corrected chi connectivity index (χ0v) is 14.9. The Morgan fingerprint density at radius 2 is 1.79 bits per heavy atom. The van der Waals surface area contributed by atoms with E-state index in [2.05, 4.69) is 17.1 Å². The largest absolute Gasteiger partial charge is 0.339 e. The summed E-state index contributed by atoms with van der Waals surface area (Å²) in [4.78, 5) is 29.9. The van der Waals surface area contributed by atoms with Crippen LogP contribution in [0.5, 0.6) is 0 Å². The van der Waals surface area contributed by atoms with Crippen molar-refractivity contribution in [1.29, 1.82) is 0 Å². The van der Waals surface area contributed by atoms with Gasteiger partial charge in [-0.1, -0.05) is 24.6 Å². The normalized spacial score (nSPS) is 19.9. The van der Waals surface area contributed by atoms with E-state index in [-0.39, 0.29) is 11.8 Å². The van der Waals surface area contributed by atoms with Crippen LogP contribution in [-0.4, -0.2) is 54.3 Å². The molecule has 1 aromatic carbocycles. The van der Waals surface area contributed by atoms with Crippen molar-refractivity contribution in [2.75, 3.05) is 38.0 Å². The molecule has 0 aromatic heterocycles. The van der Waals surface area contributed by atoms with Crippen LogP contribution in [0.3, 0.4) is 0 Å². The van der Waals surface area contributed by atoms with Gasteiger partial charge in [0.15, 0.2) is 0 Å².